The molecule has 0 radical (unpaired) electrons. The van der Waals surface area contributed by atoms with Crippen molar-refractivity contribution in [3.05, 3.63) is 102 Å². The first-order valence-electron chi connectivity index (χ1n) is 8.15. The quantitative estimate of drug-likeness (QED) is 0.314. The van der Waals surface area contributed by atoms with Crippen LogP contribution in [0.5, 0.6) is 5.75 Å². The Balaban J connectivity index is 1.49. The van der Waals surface area contributed by atoms with Crippen molar-refractivity contribution in [3.8, 4) is 5.75 Å². The minimum atomic E-state index is -0.511. The third kappa shape index (κ3) is 3.46. The summed E-state index contributed by atoms with van der Waals surface area (Å²) in [4.78, 5) is 28.8. The van der Waals surface area contributed by atoms with Crippen molar-refractivity contribution in [2.24, 2.45) is 0 Å². The first-order chi connectivity index (χ1) is 13.1. The van der Waals surface area contributed by atoms with Gasteiger partial charge in [-0.05, 0) is 60.7 Å². The van der Waals surface area contributed by atoms with Gasteiger partial charge in [0.15, 0.2) is 5.78 Å². The highest BCUT2D eigenvalue weighted by atomic mass is 19.1. The summed E-state index contributed by atoms with van der Waals surface area (Å²) in [5, 5.41) is 0. The molecule has 0 saturated heterocycles. The number of nitrogens with zero attached hydrogens (tertiary/aromatic N) is 2. The van der Waals surface area contributed by atoms with E-state index in [1.54, 1.807) is 59.4 Å². The fraction of sp³-hybridized carbons (Fsp3) is 0. The van der Waals surface area contributed by atoms with E-state index in [0.717, 1.165) is 5.65 Å². The van der Waals surface area contributed by atoms with Gasteiger partial charge in [0.25, 0.3) is 0 Å². The van der Waals surface area contributed by atoms with E-state index in [0.29, 0.717) is 22.4 Å². The lowest BCUT2D eigenvalue weighted by atomic mass is 10.0. The molecule has 0 amide bonds. The van der Waals surface area contributed by atoms with E-state index in [-0.39, 0.29) is 5.78 Å². The number of benzene rings is 2. The first kappa shape index (κ1) is 16.7. The maximum atomic E-state index is 13.0. The Morgan fingerprint density at radius 1 is 0.852 bits per heavy atom. The molecule has 0 fully saturated rings. The molecule has 0 spiro atoms. The normalized spacial score (nSPS) is 10.7. The SMILES string of the molecule is O=C(Oc1ccc(C(=O)c2ccc(F)cc2)cc1)c1ccc2nccn2c1. The van der Waals surface area contributed by atoms with Crippen LogP contribution in [0.2, 0.25) is 0 Å². The molecule has 27 heavy (non-hydrogen) atoms. The predicted molar refractivity (Wildman–Crippen MR) is 96.4 cm³/mol. The van der Waals surface area contributed by atoms with E-state index in [2.05, 4.69) is 4.98 Å². The molecule has 2 aromatic heterocycles. The number of halogens is 1. The largest absolute Gasteiger partial charge is 0.423 e. The highest BCUT2D eigenvalue weighted by Gasteiger charge is 2.12. The van der Waals surface area contributed by atoms with E-state index in [4.69, 9.17) is 4.74 Å². The van der Waals surface area contributed by atoms with Gasteiger partial charge in [0.2, 0.25) is 0 Å². The van der Waals surface area contributed by atoms with Crippen LogP contribution in [0.1, 0.15) is 26.3 Å². The van der Waals surface area contributed by atoms with E-state index >= 15 is 0 Å². The lowest BCUT2D eigenvalue weighted by Crippen LogP contribution is -2.09. The maximum absolute atomic E-state index is 13.0. The number of carbonyl (C=O) groups excluding carboxylic acids is 2. The summed E-state index contributed by atoms with van der Waals surface area (Å²) in [6, 6.07) is 14.9. The summed E-state index contributed by atoms with van der Waals surface area (Å²) in [6.45, 7) is 0. The molecule has 0 saturated carbocycles. The molecule has 0 unspecified atom stereocenters. The van der Waals surface area contributed by atoms with E-state index < -0.39 is 11.8 Å². The Bertz CT molecular complexity index is 1130. The molecule has 0 aliphatic heterocycles. The summed E-state index contributed by atoms with van der Waals surface area (Å²) in [5.74, 6) is -0.828. The summed E-state index contributed by atoms with van der Waals surface area (Å²) in [6.07, 6.45) is 5.01. The molecule has 5 nitrogen and oxygen atoms in total. The van der Waals surface area contributed by atoms with Gasteiger partial charge in [-0.1, -0.05) is 0 Å². The highest BCUT2D eigenvalue weighted by Crippen LogP contribution is 2.17. The van der Waals surface area contributed by atoms with Crippen LogP contribution in [0.15, 0.2) is 79.3 Å². The van der Waals surface area contributed by atoms with Crippen LogP contribution in [0, 0.1) is 5.82 Å². The third-order valence-corrected chi connectivity index (χ3v) is 4.06. The summed E-state index contributed by atoms with van der Waals surface area (Å²) in [7, 11) is 0. The molecule has 6 heteroatoms. The average Bonchev–Trinajstić information content (AvgIpc) is 3.16. The van der Waals surface area contributed by atoms with E-state index in [1.165, 1.54) is 24.3 Å². The summed E-state index contributed by atoms with van der Waals surface area (Å²) >= 11 is 0. The van der Waals surface area contributed by atoms with Crippen molar-refractivity contribution >= 4 is 17.4 Å². The fourth-order valence-electron chi connectivity index (χ4n) is 2.65. The second-order valence-electron chi connectivity index (χ2n) is 5.86. The Morgan fingerprint density at radius 2 is 1.48 bits per heavy atom. The lowest BCUT2D eigenvalue weighted by molar-refractivity contribution is 0.0734. The highest BCUT2D eigenvalue weighted by molar-refractivity contribution is 6.09. The van der Waals surface area contributed by atoms with Crippen LogP contribution in [-0.4, -0.2) is 21.1 Å². The zero-order chi connectivity index (χ0) is 18.8. The van der Waals surface area contributed by atoms with Crippen molar-refractivity contribution in [3.63, 3.8) is 0 Å². The molecule has 0 atom stereocenters. The second kappa shape index (κ2) is 6.84. The number of fused-ring (bicyclic) bond motifs is 1. The molecule has 0 aliphatic rings. The molecule has 132 valence electrons. The molecule has 0 aliphatic carbocycles. The molecule has 2 aromatic carbocycles. The molecular formula is C21H13FN2O3. The maximum Gasteiger partial charge on any atom is 0.345 e. The topological polar surface area (TPSA) is 60.7 Å². The average molecular weight is 360 g/mol. The minimum Gasteiger partial charge on any atom is -0.423 e. The van der Waals surface area contributed by atoms with Gasteiger partial charge in [0, 0.05) is 29.7 Å². The number of carbonyl (C=O) groups is 2. The van der Waals surface area contributed by atoms with Gasteiger partial charge >= 0.3 is 5.97 Å². The van der Waals surface area contributed by atoms with Gasteiger partial charge < -0.3 is 9.14 Å². The van der Waals surface area contributed by atoms with Gasteiger partial charge in [-0.2, -0.15) is 0 Å². The van der Waals surface area contributed by atoms with Crippen molar-refractivity contribution in [1.82, 2.24) is 9.38 Å². The van der Waals surface area contributed by atoms with Crippen molar-refractivity contribution in [1.29, 1.82) is 0 Å². The number of esters is 1. The van der Waals surface area contributed by atoms with Crippen LogP contribution in [0.25, 0.3) is 5.65 Å². The van der Waals surface area contributed by atoms with Crippen LogP contribution in [0.4, 0.5) is 4.39 Å². The first-order valence-corrected chi connectivity index (χ1v) is 8.15. The molecule has 2 heterocycles. The van der Waals surface area contributed by atoms with Gasteiger partial charge in [0.1, 0.15) is 17.2 Å². The Kier molecular flexibility index (Phi) is 4.22. The van der Waals surface area contributed by atoms with E-state index in [9.17, 15) is 14.0 Å². The van der Waals surface area contributed by atoms with Crippen LogP contribution in [0.3, 0.4) is 0 Å². The van der Waals surface area contributed by atoms with Gasteiger partial charge in [-0.25, -0.2) is 14.2 Å². The number of hydrogen-bond acceptors (Lipinski definition) is 4. The Hall–Kier alpha value is -3.80. The molecule has 0 bridgehead atoms. The van der Waals surface area contributed by atoms with Crippen LogP contribution < -0.4 is 4.74 Å². The molecule has 4 rings (SSSR count). The van der Waals surface area contributed by atoms with Crippen molar-refractivity contribution in [2.45, 2.75) is 0 Å². The molecule has 0 N–H and O–H groups in total. The van der Waals surface area contributed by atoms with E-state index in [1.807, 2.05) is 0 Å². The van der Waals surface area contributed by atoms with Gasteiger partial charge in [-0.3, -0.25) is 4.79 Å². The number of imidazole rings is 1. The third-order valence-electron chi connectivity index (χ3n) is 4.06. The summed E-state index contributed by atoms with van der Waals surface area (Å²) < 4.78 is 20.0. The number of aromatic nitrogens is 2. The zero-order valence-electron chi connectivity index (χ0n) is 14.0. The minimum absolute atomic E-state index is 0.238. The van der Waals surface area contributed by atoms with Crippen molar-refractivity contribution < 1.29 is 18.7 Å². The smallest absolute Gasteiger partial charge is 0.345 e. The zero-order valence-corrected chi connectivity index (χ0v) is 14.0. The van der Waals surface area contributed by atoms with Gasteiger partial charge in [-0.15, -0.1) is 0 Å². The van der Waals surface area contributed by atoms with Crippen LogP contribution >= 0.6 is 0 Å². The molecular weight excluding hydrogens is 347 g/mol. The Labute approximate surface area is 153 Å². The number of pyridine rings is 1. The van der Waals surface area contributed by atoms with Gasteiger partial charge in [0.05, 0.1) is 5.56 Å². The lowest BCUT2D eigenvalue weighted by Gasteiger charge is -2.06. The fourth-order valence-corrected chi connectivity index (χ4v) is 2.65. The summed E-state index contributed by atoms with van der Waals surface area (Å²) in [5.41, 5.74) is 1.91. The standard InChI is InChI=1S/C21H13FN2O3/c22-17-6-1-14(2-7-17)20(25)15-3-8-18(9-4-15)27-21(26)16-5-10-19-23-11-12-24(19)13-16/h1-13H. The number of ether oxygens (including phenoxy) is 1. The predicted octanol–water partition coefficient (Wildman–Crippen LogP) is 3.92. The second-order valence-corrected chi connectivity index (χ2v) is 5.86. The van der Waals surface area contributed by atoms with Crippen LogP contribution in [-0.2, 0) is 0 Å². The number of ketones is 1. The monoisotopic (exact) mass is 360 g/mol. The molecule has 4 aromatic rings. The number of rotatable bonds is 4. The van der Waals surface area contributed by atoms with Crippen molar-refractivity contribution in [2.75, 3.05) is 0 Å². The Morgan fingerprint density at radius 3 is 2.19 bits per heavy atom. The number of hydrogen-bond donors (Lipinski definition) is 0.